The summed E-state index contributed by atoms with van der Waals surface area (Å²) in [6.07, 6.45) is 7.85. The zero-order valence-electron chi connectivity index (χ0n) is 16.7. The SMILES string of the molecule is CCCc1nc(Nc2ccc(Cl)cc2Cl)n2ccnc(N(CCC)CCC)c12. The van der Waals surface area contributed by atoms with E-state index >= 15 is 0 Å². The molecule has 0 atom stereocenters. The molecule has 150 valence electrons. The maximum Gasteiger partial charge on any atom is 0.212 e. The minimum Gasteiger partial charge on any atom is -0.355 e. The molecule has 0 aliphatic carbocycles. The second-order valence-electron chi connectivity index (χ2n) is 6.84. The monoisotopic (exact) mass is 419 g/mol. The van der Waals surface area contributed by atoms with E-state index in [0.717, 1.165) is 67.4 Å². The fourth-order valence-corrected chi connectivity index (χ4v) is 3.85. The van der Waals surface area contributed by atoms with Gasteiger partial charge < -0.3 is 10.2 Å². The molecule has 0 spiro atoms. The van der Waals surface area contributed by atoms with Crippen molar-refractivity contribution in [2.24, 2.45) is 0 Å². The van der Waals surface area contributed by atoms with Gasteiger partial charge in [-0.25, -0.2) is 9.97 Å². The maximum absolute atomic E-state index is 6.36. The molecular weight excluding hydrogens is 393 g/mol. The maximum atomic E-state index is 6.36. The lowest BCUT2D eigenvalue weighted by molar-refractivity contribution is 0.734. The van der Waals surface area contributed by atoms with Crippen LogP contribution in [0.5, 0.6) is 0 Å². The van der Waals surface area contributed by atoms with Crippen molar-refractivity contribution in [1.29, 1.82) is 0 Å². The average Bonchev–Trinajstić information content (AvgIpc) is 3.02. The number of imidazole rings is 1. The molecule has 2 aromatic heterocycles. The predicted octanol–water partition coefficient (Wildman–Crippen LogP) is 6.36. The Labute approximate surface area is 176 Å². The molecule has 28 heavy (non-hydrogen) atoms. The predicted molar refractivity (Wildman–Crippen MR) is 120 cm³/mol. The molecule has 1 aromatic carbocycles. The van der Waals surface area contributed by atoms with Gasteiger partial charge in [0, 0.05) is 30.5 Å². The highest BCUT2D eigenvalue weighted by Crippen LogP contribution is 2.31. The molecule has 0 bridgehead atoms. The first-order valence-electron chi connectivity index (χ1n) is 9.91. The Morgan fingerprint density at radius 3 is 2.46 bits per heavy atom. The lowest BCUT2D eigenvalue weighted by Gasteiger charge is -2.23. The number of aryl methyl sites for hydroxylation is 1. The lowest BCUT2D eigenvalue weighted by atomic mass is 10.2. The van der Waals surface area contributed by atoms with E-state index in [-0.39, 0.29) is 0 Å². The average molecular weight is 420 g/mol. The fourth-order valence-electron chi connectivity index (χ4n) is 3.40. The molecule has 3 rings (SSSR count). The van der Waals surface area contributed by atoms with Crippen LogP contribution in [0.1, 0.15) is 45.7 Å². The van der Waals surface area contributed by atoms with Gasteiger partial charge in [0.2, 0.25) is 5.95 Å². The van der Waals surface area contributed by atoms with E-state index < -0.39 is 0 Å². The molecule has 0 amide bonds. The van der Waals surface area contributed by atoms with Crippen molar-refractivity contribution in [1.82, 2.24) is 14.4 Å². The summed E-state index contributed by atoms with van der Waals surface area (Å²) in [5.74, 6) is 1.73. The number of anilines is 3. The van der Waals surface area contributed by atoms with Gasteiger partial charge in [0.1, 0.15) is 5.52 Å². The minimum absolute atomic E-state index is 0.564. The van der Waals surface area contributed by atoms with E-state index in [9.17, 15) is 0 Å². The third kappa shape index (κ3) is 4.36. The van der Waals surface area contributed by atoms with Crippen LogP contribution in [0, 0.1) is 0 Å². The van der Waals surface area contributed by atoms with Gasteiger partial charge in [-0.15, -0.1) is 0 Å². The number of fused-ring (bicyclic) bond motifs is 1. The molecule has 1 N–H and O–H groups in total. The highest BCUT2D eigenvalue weighted by Gasteiger charge is 2.19. The number of hydrogen-bond acceptors (Lipinski definition) is 4. The van der Waals surface area contributed by atoms with Crippen LogP contribution < -0.4 is 10.2 Å². The van der Waals surface area contributed by atoms with Crippen LogP contribution in [0.2, 0.25) is 10.0 Å². The summed E-state index contributed by atoms with van der Waals surface area (Å²) in [6, 6.07) is 5.41. The first-order chi connectivity index (χ1) is 13.6. The van der Waals surface area contributed by atoms with Gasteiger partial charge in [0.05, 0.1) is 16.4 Å². The molecule has 0 saturated heterocycles. The Kier molecular flexibility index (Phi) is 7.03. The van der Waals surface area contributed by atoms with Crippen LogP contribution in [0.3, 0.4) is 0 Å². The van der Waals surface area contributed by atoms with Gasteiger partial charge in [-0.05, 0) is 37.5 Å². The standard InChI is InChI=1S/C21H27Cl2N5/c1-4-7-18-19-20(27(11-5-2)12-6-3)24-10-13-28(19)21(26-18)25-17-9-8-15(22)14-16(17)23/h8-10,13-14H,4-7,11-12H2,1-3H3,(H,25,26). The Morgan fingerprint density at radius 1 is 1.07 bits per heavy atom. The molecule has 7 heteroatoms. The largest absolute Gasteiger partial charge is 0.355 e. The normalized spacial score (nSPS) is 11.2. The highest BCUT2D eigenvalue weighted by atomic mass is 35.5. The van der Waals surface area contributed by atoms with Crippen molar-refractivity contribution >= 4 is 46.2 Å². The fraction of sp³-hybridized carbons (Fsp3) is 0.429. The van der Waals surface area contributed by atoms with Gasteiger partial charge in [-0.1, -0.05) is 50.4 Å². The highest BCUT2D eigenvalue weighted by molar-refractivity contribution is 6.36. The molecule has 0 fully saturated rings. The van der Waals surface area contributed by atoms with Gasteiger partial charge in [-0.2, -0.15) is 0 Å². The van der Waals surface area contributed by atoms with Crippen molar-refractivity contribution in [3.63, 3.8) is 0 Å². The Bertz CT molecular complexity index is 932. The number of hydrogen-bond donors (Lipinski definition) is 1. The van der Waals surface area contributed by atoms with Gasteiger partial charge >= 0.3 is 0 Å². The van der Waals surface area contributed by atoms with E-state index in [1.165, 1.54) is 0 Å². The van der Waals surface area contributed by atoms with Crippen LogP contribution in [0.4, 0.5) is 17.5 Å². The zero-order valence-corrected chi connectivity index (χ0v) is 18.2. The number of rotatable bonds is 9. The van der Waals surface area contributed by atoms with E-state index in [1.54, 1.807) is 6.07 Å². The molecular formula is C21H27Cl2N5. The summed E-state index contributed by atoms with van der Waals surface area (Å²) in [7, 11) is 0. The van der Waals surface area contributed by atoms with Crippen molar-refractivity contribution < 1.29 is 0 Å². The topological polar surface area (TPSA) is 45.5 Å². The summed E-state index contributed by atoms with van der Waals surface area (Å²) >= 11 is 12.4. The van der Waals surface area contributed by atoms with E-state index in [0.29, 0.717) is 10.0 Å². The molecule has 2 heterocycles. The summed E-state index contributed by atoms with van der Waals surface area (Å²) in [5.41, 5.74) is 2.90. The quantitative estimate of drug-likeness (QED) is 0.438. The molecule has 0 unspecified atom stereocenters. The number of benzene rings is 1. The molecule has 0 aliphatic heterocycles. The van der Waals surface area contributed by atoms with Crippen LogP contribution in [0.15, 0.2) is 30.6 Å². The van der Waals surface area contributed by atoms with Crippen molar-refractivity contribution in [2.75, 3.05) is 23.3 Å². The second kappa shape index (κ2) is 9.48. The van der Waals surface area contributed by atoms with Gasteiger partial charge in [0.15, 0.2) is 5.82 Å². The Morgan fingerprint density at radius 2 is 1.82 bits per heavy atom. The molecule has 0 aliphatic rings. The molecule has 0 radical (unpaired) electrons. The van der Waals surface area contributed by atoms with Crippen LogP contribution >= 0.6 is 23.2 Å². The van der Waals surface area contributed by atoms with Gasteiger partial charge in [-0.3, -0.25) is 4.40 Å². The van der Waals surface area contributed by atoms with Crippen molar-refractivity contribution in [3.05, 3.63) is 46.3 Å². The second-order valence-corrected chi connectivity index (χ2v) is 7.68. The molecule has 3 aromatic rings. The summed E-state index contributed by atoms with van der Waals surface area (Å²) in [4.78, 5) is 12.0. The first kappa shape index (κ1) is 20.7. The summed E-state index contributed by atoms with van der Waals surface area (Å²) in [5, 5.41) is 4.54. The third-order valence-corrected chi connectivity index (χ3v) is 5.11. The summed E-state index contributed by atoms with van der Waals surface area (Å²) in [6.45, 7) is 8.51. The number of nitrogens with zero attached hydrogens (tertiary/aromatic N) is 4. The Hall–Kier alpha value is -1.98. The van der Waals surface area contributed by atoms with Gasteiger partial charge in [0.25, 0.3) is 0 Å². The van der Waals surface area contributed by atoms with Crippen molar-refractivity contribution in [2.45, 2.75) is 46.5 Å². The van der Waals surface area contributed by atoms with Crippen LogP contribution in [-0.4, -0.2) is 27.5 Å². The van der Waals surface area contributed by atoms with Crippen molar-refractivity contribution in [3.8, 4) is 0 Å². The smallest absolute Gasteiger partial charge is 0.212 e. The lowest BCUT2D eigenvalue weighted by Crippen LogP contribution is -2.26. The minimum atomic E-state index is 0.564. The summed E-state index contributed by atoms with van der Waals surface area (Å²) < 4.78 is 2.08. The Balaban J connectivity index is 2.10. The van der Waals surface area contributed by atoms with Crippen LogP contribution in [-0.2, 0) is 6.42 Å². The third-order valence-electron chi connectivity index (χ3n) is 4.56. The number of halogens is 2. The number of aromatic nitrogens is 3. The molecule has 5 nitrogen and oxygen atoms in total. The van der Waals surface area contributed by atoms with E-state index in [1.807, 2.05) is 24.5 Å². The zero-order chi connectivity index (χ0) is 20.1. The van der Waals surface area contributed by atoms with E-state index in [4.69, 9.17) is 33.2 Å². The first-order valence-corrected chi connectivity index (χ1v) is 10.7. The molecule has 0 saturated carbocycles. The number of nitrogens with one attached hydrogen (secondary N) is 1. The van der Waals surface area contributed by atoms with Crippen LogP contribution in [0.25, 0.3) is 5.52 Å². The van der Waals surface area contributed by atoms with E-state index in [2.05, 4.69) is 35.4 Å².